The van der Waals surface area contributed by atoms with Crippen LogP contribution in [0.1, 0.15) is 51.0 Å². The van der Waals surface area contributed by atoms with Crippen molar-refractivity contribution in [2.24, 2.45) is 0 Å². The zero-order valence-corrected chi connectivity index (χ0v) is 11.8. The van der Waals surface area contributed by atoms with Gasteiger partial charge in [-0.05, 0) is 28.8 Å². The van der Waals surface area contributed by atoms with E-state index in [0.29, 0.717) is 5.92 Å². The van der Waals surface area contributed by atoms with Gasteiger partial charge >= 0.3 is 0 Å². The van der Waals surface area contributed by atoms with E-state index in [1.54, 1.807) is 0 Å². The summed E-state index contributed by atoms with van der Waals surface area (Å²) < 4.78 is 1.34. The molecule has 0 N–H and O–H groups in total. The largest absolute Gasteiger partial charge is 0.0743 e. The Morgan fingerprint density at radius 2 is 2.00 bits per heavy atom. The van der Waals surface area contributed by atoms with E-state index in [1.807, 2.05) is 0 Å². The fourth-order valence-corrected chi connectivity index (χ4v) is 2.45. The predicted octanol–water partition coefficient (Wildman–Crippen LogP) is 5.65. The normalized spacial score (nSPS) is 13.8. The minimum Gasteiger partial charge on any atom is -0.0743 e. The van der Waals surface area contributed by atoms with Crippen LogP contribution in [0.5, 0.6) is 0 Å². The van der Waals surface area contributed by atoms with Crippen LogP contribution >= 0.6 is 15.9 Å². The van der Waals surface area contributed by atoms with Crippen LogP contribution < -0.4 is 0 Å². The number of halogens is 1. The first kappa shape index (κ1) is 13.5. The molecule has 1 aromatic carbocycles. The summed E-state index contributed by atoms with van der Waals surface area (Å²) in [6.07, 6.45) is 7.18. The van der Waals surface area contributed by atoms with E-state index in [9.17, 15) is 0 Å². The molecule has 1 unspecified atom stereocenters. The molecule has 0 aromatic heterocycles. The van der Waals surface area contributed by atoms with Gasteiger partial charge in [-0.15, -0.1) is 0 Å². The van der Waals surface area contributed by atoms with Crippen molar-refractivity contribution < 1.29 is 0 Å². The molecule has 1 atom stereocenters. The Hall–Kier alpha value is -0.560. The first-order valence-corrected chi connectivity index (χ1v) is 6.92. The molecule has 0 aliphatic heterocycles. The number of unbranched alkanes of at least 4 members (excludes halogenated alkanes) is 2. The van der Waals surface area contributed by atoms with Crippen molar-refractivity contribution in [1.82, 2.24) is 0 Å². The summed E-state index contributed by atoms with van der Waals surface area (Å²) in [5.41, 5.74) is 1.42. The van der Waals surface area contributed by atoms with E-state index in [-0.39, 0.29) is 0 Å². The van der Waals surface area contributed by atoms with E-state index in [1.165, 1.54) is 29.3 Å². The molecule has 0 saturated heterocycles. The van der Waals surface area contributed by atoms with Gasteiger partial charge in [0.2, 0.25) is 0 Å². The third kappa shape index (κ3) is 4.98. The molecule has 1 rings (SSSR count). The zero-order valence-electron chi connectivity index (χ0n) is 10.2. The number of benzene rings is 1. The Balaban J connectivity index is 2.45. The van der Waals surface area contributed by atoms with E-state index in [2.05, 4.69) is 66.2 Å². The molecule has 1 heteroatoms. The quantitative estimate of drug-likeness (QED) is 0.591. The highest BCUT2D eigenvalue weighted by Gasteiger charge is 2.05. The van der Waals surface area contributed by atoms with Crippen LogP contribution in [0.4, 0.5) is 0 Å². The van der Waals surface area contributed by atoms with Gasteiger partial charge in [-0.25, -0.2) is 0 Å². The Bertz CT molecular complexity index is 313. The van der Waals surface area contributed by atoms with Crippen molar-refractivity contribution in [1.29, 1.82) is 0 Å². The van der Waals surface area contributed by atoms with Gasteiger partial charge in [0.1, 0.15) is 0 Å². The topological polar surface area (TPSA) is 0 Å². The first-order chi connectivity index (χ1) is 7.74. The molecule has 0 radical (unpaired) electrons. The van der Waals surface area contributed by atoms with Crippen LogP contribution in [0, 0.1) is 0 Å². The SMILES string of the molecule is CCCC/C=C(/Br)CC(C)c1ccccc1. The minimum atomic E-state index is 0.591. The van der Waals surface area contributed by atoms with Crippen molar-refractivity contribution in [2.45, 2.75) is 45.4 Å². The molecule has 1 aromatic rings. The minimum absolute atomic E-state index is 0.591. The molecule has 0 nitrogen and oxygen atoms in total. The van der Waals surface area contributed by atoms with Gasteiger partial charge < -0.3 is 0 Å². The second kappa shape index (κ2) is 7.67. The monoisotopic (exact) mass is 280 g/mol. The molecule has 16 heavy (non-hydrogen) atoms. The maximum atomic E-state index is 3.67. The molecule has 0 fully saturated rings. The molecule has 0 aliphatic carbocycles. The number of hydrogen-bond donors (Lipinski definition) is 0. The summed E-state index contributed by atoms with van der Waals surface area (Å²) in [5, 5.41) is 0. The van der Waals surface area contributed by atoms with Gasteiger partial charge in [-0.1, -0.05) is 79.0 Å². The van der Waals surface area contributed by atoms with E-state index in [0.717, 1.165) is 6.42 Å². The summed E-state index contributed by atoms with van der Waals surface area (Å²) in [6.45, 7) is 4.51. The molecule has 0 amide bonds. The Labute approximate surface area is 108 Å². The summed E-state index contributed by atoms with van der Waals surface area (Å²) in [5.74, 6) is 0.591. The summed E-state index contributed by atoms with van der Waals surface area (Å²) >= 11 is 3.67. The van der Waals surface area contributed by atoms with E-state index >= 15 is 0 Å². The second-order valence-electron chi connectivity index (χ2n) is 4.31. The molecule has 88 valence electrons. The van der Waals surface area contributed by atoms with Crippen molar-refractivity contribution in [3.05, 3.63) is 46.5 Å². The number of allylic oxidation sites excluding steroid dienone is 2. The highest BCUT2D eigenvalue weighted by Crippen LogP contribution is 2.26. The lowest BCUT2D eigenvalue weighted by Gasteiger charge is -2.11. The Kier molecular flexibility index (Phi) is 6.47. The molecular weight excluding hydrogens is 260 g/mol. The zero-order chi connectivity index (χ0) is 11.8. The van der Waals surface area contributed by atoms with Crippen molar-refractivity contribution in [3.8, 4) is 0 Å². The molecule has 0 spiro atoms. The lowest BCUT2D eigenvalue weighted by atomic mass is 9.97. The predicted molar refractivity (Wildman–Crippen MR) is 76.0 cm³/mol. The van der Waals surface area contributed by atoms with Crippen LogP contribution in [0.15, 0.2) is 40.9 Å². The third-order valence-electron chi connectivity index (χ3n) is 2.79. The molecule has 0 saturated carbocycles. The van der Waals surface area contributed by atoms with Crippen LogP contribution in [0.25, 0.3) is 0 Å². The van der Waals surface area contributed by atoms with Gasteiger partial charge in [0, 0.05) is 0 Å². The average molecular weight is 281 g/mol. The van der Waals surface area contributed by atoms with Crippen molar-refractivity contribution in [3.63, 3.8) is 0 Å². The van der Waals surface area contributed by atoms with Gasteiger partial charge in [0.15, 0.2) is 0 Å². The maximum absolute atomic E-state index is 3.67. The lowest BCUT2D eigenvalue weighted by Crippen LogP contribution is -1.92. The van der Waals surface area contributed by atoms with Gasteiger partial charge in [0.05, 0.1) is 0 Å². The van der Waals surface area contributed by atoms with Gasteiger partial charge in [-0.2, -0.15) is 0 Å². The number of hydrogen-bond acceptors (Lipinski definition) is 0. The first-order valence-electron chi connectivity index (χ1n) is 6.13. The standard InChI is InChI=1S/C15H21Br/c1-3-4-6-11-15(16)12-13(2)14-9-7-5-8-10-14/h5,7-11,13H,3-4,6,12H2,1-2H3/b15-11+. The molecular formula is C15H21Br. The van der Waals surface area contributed by atoms with Crippen LogP contribution in [0.2, 0.25) is 0 Å². The molecule has 0 aliphatic rings. The third-order valence-corrected chi connectivity index (χ3v) is 3.44. The maximum Gasteiger partial charge on any atom is -0.00832 e. The van der Waals surface area contributed by atoms with Crippen LogP contribution in [-0.2, 0) is 0 Å². The Morgan fingerprint density at radius 1 is 1.31 bits per heavy atom. The lowest BCUT2D eigenvalue weighted by molar-refractivity contribution is 0.764. The fraction of sp³-hybridized carbons (Fsp3) is 0.467. The molecule has 0 bridgehead atoms. The summed E-state index contributed by atoms with van der Waals surface area (Å²) in [7, 11) is 0. The second-order valence-corrected chi connectivity index (χ2v) is 5.33. The Morgan fingerprint density at radius 3 is 2.62 bits per heavy atom. The van der Waals surface area contributed by atoms with E-state index in [4.69, 9.17) is 0 Å². The fourth-order valence-electron chi connectivity index (χ4n) is 1.74. The van der Waals surface area contributed by atoms with Crippen LogP contribution in [0.3, 0.4) is 0 Å². The van der Waals surface area contributed by atoms with Gasteiger partial charge in [-0.3, -0.25) is 0 Å². The number of rotatable bonds is 6. The van der Waals surface area contributed by atoms with Gasteiger partial charge in [0.25, 0.3) is 0 Å². The van der Waals surface area contributed by atoms with E-state index < -0.39 is 0 Å². The average Bonchev–Trinajstić information content (AvgIpc) is 2.30. The highest BCUT2D eigenvalue weighted by atomic mass is 79.9. The highest BCUT2D eigenvalue weighted by molar-refractivity contribution is 9.11. The van der Waals surface area contributed by atoms with Crippen molar-refractivity contribution >= 4 is 15.9 Å². The smallest absolute Gasteiger partial charge is 0.00832 e. The summed E-state index contributed by atoms with van der Waals surface area (Å²) in [4.78, 5) is 0. The summed E-state index contributed by atoms with van der Waals surface area (Å²) in [6, 6.07) is 10.7. The molecule has 0 heterocycles. The van der Waals surface area contributed by atoms with Crippen molar-refractivity contribution in [2.75, 3.05) is 0 Å². The van der Waals surface area contributed by atoms with Crippen LogP contribution in [-0.4, -0.2) is 0 Å².